The molecular weight excluding hydrogens is 629 g/mol. The van der Waals surface area contributed by atoms with Crippen molar-refractivity contribution < 1.29 is 32.5 Å². The highest BCUT2D eigenvalue weighted by Gasteiger charge is 2.40. The van der Waals surface area contributed by atoms with Gasteiger partial charge in [-0.1, -0.05) is 0 Å². The van der Waals surface area contributed by atoms with Crippen LogP contribution in [0.15, 0.2) is 44.7 Å². The fourth-order valence-corrected chi connectivity index (χ4v) is 7.77. The molecule has 2 fully saturated rings. The van der Waals surface area contributed by atoms with Crippen LogP contribution in [0, 0.1) is 12.7 Å². The van der Waals surface area contributed by atoms with E-state index in [1.807, 2.05) is 0 Å². The lowest BCUT2D eigenvalue weighted by Gasteiger charge is -2.33. The third-order valence-corrected chi connectivity index (χ3v) is 10.1. The van der Waals surface area contributed by atoms with Gasteiger partial charge in [-0.2, -0.15) is 0 Å². The van der Waals surface area contributed by atoms with Gasteiger partial charge in [0.25, 0.3) is 5.56 Å². The van der Waals surface area contributed by atoms with Crippen LogP contribution in [0.25, 0.3) is 21.0 Å². The summed E-state index contributed by atoms with van der Waals surface area (Å²) in [6.45, 7) is 9.75. The van der Waals surface area contributed by atoms with Gasteiger partial charge in [0.1, 0.15) is 39.9 Å². The van der Waals surface area contributed by atoms with E-state index in [0.29, 0.717) is 39.4 Å². The van der Waals surface area contributed by atoms with Crippen LogP contribution in [0.5, 0.6) is 5.75 Å². The summed E-state index contributed by atoms with van der Waals surface area (Å²) >= 11 is 1.18. The first-order chi connectivity index (χ1) is 22.2. The van der Waals surface area contributed by atoms with E-state index in [1.54, 1.807) is 27.7 Å². The molecule has 0 saturated carbocycles. The molecule has 6 rings (SSSR count). The van der Waals surface area contributed by atoms with Crippen molar-refractivity contribution in [2.45, 2.75) is 109 Å². The normalized spacial score (nSPS) is 20.5. The number of hydrogen-bond acceptors (Lipinski definition) is 10. The summed E-state index contributed by atoms with van der Waals surface area (Å²) in [4.78, 5) is 47.7. The molecule has 47 heavy (non-hydrogen) atoms. The van der Waals surface area contributed by atoms with Crippen molar-refractivity contribution in [3.63, 3.8) is 0 Å². The highest BCUT2D eigenvalue weighted by atomic mass is 32.1. The maximum Gasteiger partial charge on any atom is 0.333 e. The zero-order valence-corrected chi connectivity index (χ0v) is 28.4. The number of esters is 1. The predicted molar refractivity (Wildman–Crippen MR) is 173 cm³/mol. The predicted octanol–water partition coefficient (Wildman–Crippen LogP) is 5.88. The smallest absolute Gasteiger partial charge is 0.333 e. The van der Waals surface area contributed by atoms with Crippen LogP contribution in [0.2, 0.25) is 0 Å². The second kappa shape index (κ2) is 12.3. The number of oxazole rings is 1. The summed E-state index contributed by atoms with van der Waals surface area (Å²) < 4.78 is 46.9. The lowest BCUT2D eigenvalue weighted by molar-refractivity contribution is -0.164. The number of halogens is 1. The van der Waals surface area contributed by atoms with Crippen molar-refractivity contribution in [3.05, 3.63) is 68.4 Å². The Bertz CT molecular complexity index is 1910. The number of hydrogen-bond donors (Lipinski definition) is 0. The molecule has 2 aliphatic heterocycles. The van der Waals surface area contributed by atoms with Gasteiger partial charge in [0, 0.05) is 5.56 Å². The zero-order valence-electron chi connectivity index (χ0n) is 27.6. The minimum atomic E-state index is -1.69. The van der Waals surface area contributed by atoms with E-state index in [-0.39, 0.29) is 36.1 Å². The third kappa shape index (κ3) is 6.28. The number of thiophene rings is 1. The van der Waals surface area contributed by atoms with Crippen LogP contribution in [0.1, 0.15) is 77.5 Å². The Morgan fingerprint density at radius 2 is 1.85 bits per heavy atom. The van der Waals surface area contributed by atoms with Gasteiger partial charge >= 0.3 is 11.7 Å². The first kappa shape index (κ1) is 33.1. The van der Waals surface area contributed by atoms with Crippen molar-refractivity contribution in [1.29, 1.82) is 0 Å². The average molecular weight is 670 g/mol. The fourth-order valence-electron chi connectivity index (χ4n) is 6.52. The lowest BCUT2D eigenvalue weighted by atomic mass is 10.0. The fraction of sp³-hybridized carbons (Fsp3) is 0.529. The molecule has 1 aromatic carbocycles. The van der Waals surface area contributed by atoms with Gasteiger partial charge in [0.15, 0.2) is 0 Å². The third-order valence-electron chi connectivity index (χ3n) is 8.79. The molecule has 0 amide bonds. The molecule has 0 N–H and O–H groups in total. The number of benzene rings is 1. The van der Waals surface area contributed by atoms with E-state index in [0.717, 1.165) is 17.4 Å². The molecule has 0 aliphatic carbocycles. The minimum absolute atomic E-state index is 0.0723. The Morgan fingerprint density at radius 1 is 1.15 bits per heavy atom. The van der Waals surface area contributed by atoms with Crippen molar-refractivity contribution in [3.8, 4) is 16.5 Å². The average Bonchev–Trinajstić information content (AvgIpc) is 3.72. The van der Waals surface area contributed by atoms with E-state index in [2.05, 4.69) is 4.98 Å². The molecule has 0 radical (unpaired) electrons. The van der Waals surface area contributed by atoms with Crippen molar-refractivity contribution in [2.75, 3.05) is 7.11 Å². The summed E-state index contributed by atoms with van der Waals surface area (Å²) in [7, 11) is 1.49. The molecule has 2 bridgehead atoms. The molecular formula is C34H40FN3O8S. The molecule has 1 unspecified atom stereocenters. The largest absolute Gasteiger partial charge is 0.496 e. The monoisotopic (exact) mass is 669 g/mol. The lowest BCUT2D eigenvalue weighted by Crippen LogP contribution is -2.54. The minimum Gasteiger partial charge on any atom is -0.496 e. The molecule has 2 aliphatic rings. The molecule has 252 valence electrons. The summed E-state index contributed by atoms with van der Waals surface area (Å²) in [5, 5.41) is 0.230. The van der Waals surface area contributed by atoms with Crippen LogP contribution < -0.4 is 16.0 Å². The molecule has 2 saturated heterocycles. The number of ether oxygens (including phenoxy) is 4. The number of nitrogens with zero attached hydrogens (tertiary/aromatic N) is 3. The first-order valence-electron chi connectivity index (χ1n) is 15.7. The maximum absolute atomic E-state index is 14.8. The molecule has 5 heterocycles. The molecule has 11 nitrogen and oxygen atoms in total. The van der Waals surface area contributed by atoms with E-state index in [9.17, 15) is 18.8 Å². The molecule has 4 atom stereocenters. The van der Waals surface area contributed by atoms with Gasteiger partial charge in [0.05, 0.1) is 48.4 Å². The van der Waals surface area contributed by atoms with Crippen LogP contribution in [0.3, 0.4) is 0 Å². The Morgan fingerprint density at radius 3 is 2.47 bits per heavy atom. The van der Waals surface area contributed by atoms with Gasteiger partial charge in [-0.15, -0.1) is 11.3 Å². The van der Waals surface area contributed by atoms with Crippen molar-refractivity contribution in [2.24, 2.45) is 0 Å². The zero-order chi connectivity index (χ0) is 33.8. The standard InChI is InChI=1S/C34H40FN3O8S/c1-18-26-29(39)38(34(5,6)31(40)46-33(2,3)4)32(41)37(30(26)47-27(18)28-36-12-13-43-28)17-25(23-14-19(35)8-11-24(23)42-7)45-22-15-20-9-10-21(16-22)44-20/h8,11-14,20-22,25H,9-10,15-17H2,1-7H3/t20-,21+,22?,25-/m0/s1. The van der Waals surface area contributed by atoms with Crippen molar-refractivity contribution >= 4 is 27.5 Å². The SMILES string of the molecule is COc1ccc(F)cc1[C@H](Cn1c(=O)n(C(C)(C)C(=O)OC(C)(C)C)c(=O)c2c(C)c(-c3ncco3)sc21)OC1C[C@H]2CC[C@@H](C1)O2. The molecule has 0 spiro atoms. The van der Waals surface area contributed by atoms with Crippen LogP contribution in [-0.4, -0.2) is 51.1 Å². The summed E-state index contributed by atoms with van der Waals surface area (Å²) in [6, 6.07) is 4.17. The Labute approximate surface area is 275 Å². The van der Waals surface area contributed by atoms with Gasteiger partial charge in [-0.05, 0) is 91.0 Å². The number of carbonyl (C=O) groups excluding carboxylic acids is 1. The Kier molecular flexibility index (Phi) is 8.69. The topological polar surface area (TPSA) is 124 Å². The van der Waals surface area contributed by atoms with Gasteiger partial charge < -0.3 is 23.4 Å². The molecule has 4 aromatic rings. The number of aryl methyl sites for hydroxylation is 1. The van der Waals surface area contributed by atoms with E-state index >= 15 is 0 Å². The van der Waals surface area contributed by atoms with Gasteiger partial charge in [-0.25, -0.2) is 23.5 Å². The number of carbonyl (C=O) groups is 1. The Balaban J connectivity index is 1.56. The number of rotatable bonds is 9. The van der Waals surface area contributed by atoms with Crippen LogP contribution in [-0.2, 0) is 31.1 Å². The quantitative estimate of drug-likeness (QED) is 0.201. The number of aromatic nitrogens is 3. The highest BCUT2D eigenvalue weighted by Crippen LogP contribution is 2.40. The number of methoxy groups -OCH3 is 1. The second-order valence-corrected chi connectivity index (χ2v) is 14.7. The number of fused-ring (bicyclic) bond motifs is 3. The summed E-state index contributed by atoms with van der Waals surface area (Å²) in [6.07, 6.45) is 5.19. The summed E-state index contributed by atoms with van der Waals surface area (Å²) in [5.74, 6) is -0.556. The summed E-state index contributed by atoms with van der Waals surface area (Å²) in [5.41, 5.74) is -2.99. The highest BCUT2D eigenvalue weighted by molar-refractivity contribution is 7.22. The van der Waals surface area contributed by atoms with Crippen LogP contribution in [0.4, 0.5) is 4.39 Å². The van der Waals surface area contributed by atoms with E-state index in [1.165, 1.54) is 67.5 Å². The van der Waals surface area contributed by atoms with Crippen LogP contribution >= 0.6 is 11.3 Å². The maximum atomic E-state index is 14.8. The van der Waals surface area contributed by atoms with Crippen molar-refractivity contribution in [1.82, 2.24) is 14.1 Å². The van der Waals surface area contributed by atoms with Gasteiger partial charge in [-0.3, -0.25) is 9.36 Å². The van der Waals surface area contributed by atoms with E-state index < -0.39 is 40.3 Å². The molecule has 13 heteroatoms. The molecule has 3 aromatic heterocycles. The Hall–Kier alpha value is -3.81. The van der Waals surface area contributed by atoms with E-state index in [4.69, 9.17) is 23.4 Å². The first-order valence-corrected chi connectivity index (χ1v) is 16.6. The second-order valence-electron chi connectivity index (χ2n) is 13.7. The van der Waals surface area contributed by atoms with Gasteiger partial charge in [0.2, 0.25) is 5.89 Å².